The molecule has 0 aliphatic heterocycles. The molecule has 3 nitrogen and oxygen atoms in total. The van der Waals surface area contributed by atoms with E-state index >= 15 is 0 Å². The van der Waals surface area contributed by atoms with Gasteiger partial charge in [0.25, 0.3) is 5.91 Å². The van der Waals surface area contributed by atoms with Gasteiger partial charge >= 0.3 is 0 Å². The van der Waals surface area contributed by atoms with Crippen molar-refractivity contribution >= 4 is 5.91 Å². The molecule has 0 atom stereocenters. The quantitative estimate of drug-likeness (QED) is 0.902. The van der Waals surface area contributed by atoms with E-state index in [-0.39, 0.29) is 23.8 Å². The van der Waals surface area contributed by atoms with E-state index in [1.54, 1.807) is 4.90 Å². The molecular formula is C15H19F2NO2. The van der Waals surface area contributed by atoms with Crippen LogP contribution in [0.15, 0.2) is 12.1 Å². The number of carbonyl (C=O) groups is 1. The van der Waals surface area contributed by atoms with E-state index in [4.69, 9.17) is 5.11 Å². The zero-order chi connectivity index (χ0) is 14.7. The minimum Gasteiger partial charge on any atom is -0.396 e. The first-order valence-corrected chi connectivity index (χ1v) is 6.92. The molecular weight excluding hydrogens is 264 g/mol. The molecule has 0 unspecified atom stereocenters. The second-order valence-corrected chi connectivity index (χ2v) is 5.24. The van der Waals surface area contributed by atoms with Crippen molar-refractivity contribution in [2.24, 2.45) is 0 Å². The molecule has 1 N–H and O–H groups in total. The minimum absolute atomic E-state index is 0.0125. The summed E-state index contributed by atoms with van der Waals surface area (Å²) in [5.74, 6) is -1.89. The molecule has 1 amide bonds. The van der Waals surface area contributed by atoms with Crippen molar-refractivity contribution in [3.05, 3.63) is 34.9 Å². The fraction of sp³-hybridized carbons (Fsp3) is 0.533. The van der Waals surface area contributed by atoms with Crippen LogP contribution in [0.4, 0.5) is 8.78 Å². The number of nitrogens with zero attached hydrogens (tertiary/aromatic N) is 1. The molecule has 1 aromatic carbocycles. The summed E-state index contributed by atoms with van der Waals surface area (Å²) >= 11 is 0. The molecule has 0 spiro atoms. The summed E-state index contributed by atoms with van der Waals surface area (Å²) in [6, 6.07) is 2.13. The SMILES string of the molecule is Cc1cc(C(=O)N(CCCO)C2CCC2)c(F)cc1F. The number of aryl methyl sites for hydroxylation is 1. The summed E-state index contributed by atoms with van der Waals surface area (Å²) in [7, 11) is 0. The molecule has 20 heavy (non-hydrogen) atoms. The second kappa shape index (κ2) is 6.31. The summed E-state index contributed by atoms with van der Waals surface area (Å²) in [4.78, 5) is 14.1. The Morgan fingerprint density at radius 3 is 2.60 bits per heavy atom. The van der Waals surface area contributed by atoms with Crippen LogP contribution in [-0.4, -0.2) is 35.1 Å². The highest BCUT2D eigenvalue weighted by atomic mass is 19.1. The van der Waals surface area contributed by atoms with Gasteiger partial charge in [0.2, 0.25) is 0 Å². The van der Waals surface area contributed by atoms with Crippen LogP contribution in [0.3, 0.4) is 0 Å². The van der Waals surface area contributed by atoms with Gasteiger partial charge in [-0.1, -0.05) is 0 Å². The lowest BCUT2D eigenvalue weighted by atomic mass is 9.90. The Kier molecular flexibility index (Phi) is 4.70. The van der Waals surface area contributed by atoms with Crippen molar-refractivity contribution < 1.29 is 18.7 Å². The molecule has 0 heterocycles. The molecule has 0 radical (unpaired) electrons. The average Bonchev–Trinajstić information content (AvgIpc) is 2.35. The zero-order valence-corrected chi connectivity index (χ0v) is 11.5. The van der Waals surface area contributed by atoms with Crippen molar-refractivity contribution in [3.63, 3.8) is 0 Å². The minimum atomic E-state index is -0.827. The third-order valence-electron chi connectivity index (χ3n) is 3.81. The number of aliphatic hydroxyl groups is 1. The monoisotopic (exact) mass is 283 g/mol. The van der Waals surface area contributed by atoms with Crippen LogP contribution in [0.25, 0.3) is 0 Å². The van der Waals surface area contributed by atoms with Crippen LogP contribution in [0.2, 0.25) is 0 Å². The van der Waals surface area contributed by atoms with Gasteiger partial charge in [0, 0.05) is 25.3 Å². The van der Waals surface area contributed by atoms with E-state index in [1.165, 1.54) is 13.0 Å². The van der Waals surface area contributed by atoms with Crippen LogP contribution in [0.5, 0.6) is 0 Å². The average molecular weight is 283 g/mol. The summed E-state index contributed by atoms with van der Waals surface area (Å²) < 4.78 is 27.1. The molecule has 1 aliphatic carbocycles. The van der Waals surface area contributed by atoms with Crippen LogP contribution in [0, 0.1) is 18.6 Å². The lowest BCUT2D eigenvalue weighted by Crippen LogP contribution is -2.45. The second-order valence-electron chi connectivity index (χ2n) is 5.24. The maximum atomic E-state index is 13.8. The Morgan fingerprint density at radius 1 is 1.35 bits per heavy atom. The molecule has 110 valence electrons. The Balaban J connectivity index is 2.24. The van der Waals surface area contributed by atoms with Gasteiger partial charge in [-0.3, -0.25) is 4.79 Å². The number of carbonyl (C=O) groups excluding carboxylic acids is 1. The molecule has 1 fully saturated rings. The highest BCUT2D eigenvalue weighted by Crippen LogP contribution is 2.27. The number of hydrogen-bond donors (Lipinski definition) is 1. The number of benzene rings is 1. The number of hydrogen-bond acceptors (Lipinski definition) is 2. The van der Waals surface area contributed by atoms with Gasteiger partial charge in [0.1, 0.15) is 11.6 Å². The topological polar surface area (TPSA) is 40.5 Å². The third kappa shape index (κ3) is 2.98. The van der Waals surface area contributed by atoms with Crippen LogP contribution >= 0.6 is 0 Å². The highest BCUT2D eigenvalue weighted by molar-refractivity contribution is 5.95. The number of amides is 1. The summed E-state index contributed by atoms with van der Waals surface area (Å²) in [5, 5.41) is 8.91. The van der Waals surface area contributed by atoms with Gasteiger partial charge in [-0.15, -0.1) is 0 Å². The molecule has 5 heteroatoms. The zero-order valence-electron chi connectivity index (χ0n) is 11.5. The summed E-state index contributed by atoms with van der Waals surface area (Å²) in [6.45, 7) is 1.89. The van der Waals surface area contributed by atoms with Gasteiger partial charge in [-0.05, 0) is 44.2 Å². The molecule has 0 bridgehead atoms. The van der Waals surface area contributed by atoms with Crippen LogP contribution in [-0.2, 0) is 0 Å². The number of rotatable bonds is 5. The molecule has 1 aliphatic rings. The van der Waals surface area contributed by atoms with Crippen LogP contribution < -0.4 is 0 Å². The van der Waals surface area contributed by atoms with E-state index in [0.717, 1.165) is 25.3 Å². The Hall–Kier alpha value is -1.49. The van der Waals surface area contributed by atoms with Crippen molar-refractivity contribution in [1.82, 2.24) is 4.90 Å². The normalized spacial score (nSPS) is 15.0. The Labute approximate surface area is 117 Å². The first-order valence-electron chi connectivity index (χ1n) is 6.92. The lowest BCUT2D eigenvalue weighted by molar-refractivity contribution is 0.0557. The molecule has 0 aromatic heterocycles. The van der Waals surface area contributed by atoms with Crippen molar-refractivity contribution in [1.29, 1.82) is 0 Å². The molecule has 0 saturated heterocycles. The third-order valence-corrected chi connectivity index (χ3v) is 3.81. The van der Waals surface area contributed by atoms with Gasteiger partial charge in [-0.25, -0.2) is 8.78 Å². The smallest absolute Gasteiger partial charge is 0.257 e. The lowest BCUT2D eigenvalue weighted by Gasteiger charge is -2.37. The Bertz CT molecular complexity index is 501. The van der Waals surface area contributed by atoms with Gasteiger partial charge in [-0.2, -0.15) is 0 Å². The number of halogens is 2. The van der Waals surface area contributed by atoms with Crippen molar-refractivity contribution in [3.8, 4) is 0 Å². The van der Waals surface area contributed by atoms with E-state index in [0.29, 0.717) is 13.0 Å². The Morgan fingerprint density at radius 2 is 2.05 bits per heavy atom. The largest absolute Gasteiger partial charge is 0.396 e. The highest BCUT2D eigenvalue weighted by Gasteiger charge is 2.30. The summed E-state index contributed by atoms with van der Waals surface area (Å²) in [5.41, 5.74) is 0.166. The van der Waals surface area contributed by atoms with Crippen LogP contribution in [0.1, 0.15) is 41.6 Å². The van der Waals surface area contributed by atoms with Gasteiger partial charge < -0.3 is 10.0 Å². The van der Waals surface area contributed by atoms with Gasteiger partial charge in [0.15, 0.2) is 0 Å². The van der Waals surface area contributed by atoms with Gasteiger partial charge in [0.05, 0.1) is 5.56 Å². The predicted octanol–water partition coefficient (Wildman–Crippen LogP) is 2.65. The standard InChI is InChI=1S/C15H19F2NO2/c1-10-8-12(14(17)9-13(10)16)15(20)18(6-3-7-19)11-4-2-5-11/h8-9,11,19H,2-7H2,1H3. The fourth-order valence-corrected chi connectivity index (χ4v) is 2.37. The predicted molar refractivity (Wildman–Crippen MR) is 71.5 cm³/mol. The molecule has 1 aromatic rings. The first-order chi connectivity index (χ1) is 9.54. The van der Waals surface area contributed by atoms with Crippen molar-refractivity contribution in [2.75, 3.05) is 13.2 Å². The molecule has 1 saturated carbocycles. The maximum Gasteiger partial charge on any atom is 0.257 e. The fourth-order valence-electron chi connectivity index (χ4n) is 2.37. The first kappa shape index (κ1) is 14.9. The molecule has 2 rings (SSSR count). The van der Waals surface area contributed by atoms with Crippen molar-refractivity contribution in [2.45, 2.75) is 38.6 Å². The van der Waals surface area contributed by atoms with E-state index < -0.39 is 17.5 Å². The summed E-state index contributed by atoms with van der Waals surface area (Å²) in [6.07, 6.45) is 3.32. The number of aliphatic hydroxyl groups excluding tert-OH is 1. The van der Waals surface area contributed by atoms with E-state index in [9.17, 15) is 13.6 Å². The van der Waals surface area contributed by atoms with E-state index in [1.807, 2.05) is 0 Å². The maximum absolute atomic E-state index is 13.8. The van der Waals surface area contributed by atoms with E-state index in [2.05, 4.69) is 0 Å².